The Bertz CT molecular complexity index is 388. The predicted molar refractivity (Wildman–Crippen MR) is 77.9 cm³/mol. The SMILES string of the molecule is CC1CCN(C(=O)NC2CCCCCC2O)C(C(=O)O)C1. The van der Waals surface area contributed by atoms with Crippen LogP contribution >= 0.6 is 0 Å². The van der Waals surface area contributed by atoms with Crippen molar-refractivity contribution in [1.82, 2.24) is 10.2 Å². The van der Waals surface area contributed by atoms with Gasteiger partial charge in [-0.2, -0.15) is 0 Å². The van der Waals surface area contributed by atoms with E-state index in [2.05, 4.69) is 5.32 Å². The van der Waals surface area contributed by atoms with Gasteiger partial charge >= 0.3 is 12.0 Å². The highest BCUT2D eigenvalue weighted by Crippen LogP contribution is 2.24. The van der Waals surface area contributed by atoms with Gasteiger partial charge in [-0.05, 0) is 31.6 Å². The number of likely N-dealkylation sites (tertiary alicyclic amines) is 1. The van der Waals surface area contributed by atoms with Gasteiger partial charge in [0.15, 0.2) is 0 Å². The lowest BCUT2D eigenvalue weighted by Crippen LogP contribution is -2.56. The van der Waals surface area contributed by atoms with Gasteiger partial charge in [-0.25, -0.2) is 9.59 Å². The van der Waals surface area contributed by atoms with Crippen molar-refractivity contribution in [3.05, 3.63) is 0 Å². The van der Waals surface area contributed by atoms with Gasteiger partial charge < -0.3 is 20.4 Å². The summed E-state index contributed by atoms with van der Waals surface area (Å²) >= 11 is 0. The summed E-state index contributed by atoms with van der Waals surface area (Å²) in [4.78, 5) is 25.2. The van der Waals surface area contributed by atoms with E-state index in [0.29, 0.717) is 25.3 Å². The molecule has 1 saturated heterocycles. The van der Waals surface area contributed by atoms with Gasteiger partial charge in [-0.1, -0.05) is 26.2 Å². The summed E-state index contributed by atoms with van der Waals surface area (Å²) in [6.07, 6.45) is 5.29. The van der Waals surface area contributed by atoms with Crippen molar-refractivity contribution in [2.75, 3.05) is 6.54 Å². The third-order valence-corrected chi connectivity index (χ3v) is 4.70. The average Bonchev–Trinajstić information content (AvgIpc) is 2.64. The van der Waals surface area contributed by atoms with E-state index in [9.17, 15) is 19.8 Å². The van der Waals surface area contributed by atoms with Gasteiger partial charge in [0.05, 0.1) is 12.1 Å². The molecule has 0 aromatic carbocycles. The molecule has 1 saturated carbocycles. The average molecular weight is 298 g/mol. The standard InChI is InChI=1S/C15H26N2O4/c1-10-7-8-17(12(9-10)14(19)20)15(21)16-11-5-3-2-4-6-13(11)18/h10-13,18H,2-9H2,1H3,(H,16,21)(H,19,20). The molecule has 0 spiro atoms. The Morgan fingerprint density at radius 2 is 1.86 bits per heavy atom. The highest BCUT2D eigenvalue weighted by Gasteiger charge is 2.36. The van der Waals surface area contributed by atoms with E-state index in [1.165, 1.54) is 4.90 Å². The molecule has 1 aliphatic carbocycles. The van der Waals surface area contributed by atoms with Crippen LogP contribution in [0.4, 0.5) is 4.79 Å². The Hall–Kier alpha value is -1.30. The van der Waals surface area contributed by atoms with Crippen LogP contribution in [0.3, 0.4) is 0 Å². The maximum Gasteiger partial charge on any atom is 0.326 e. The Morgan fingerprint density at radius 3 is 2.57 bits per heavy atom. The van der Waals surface area contributed by atoms with Crippen LogP contribution in [-0.4, -0.2) is 51.8 Å². The molecule has 0 radical (unpaired) electrons. The van der Waals surface area contributed by atoms with E-state index in [-0.39, 0.29) is 12.1 Å². The number of nitrogens with zero attached hydrogens (tertiary/aromatic N) is 1. The summed E-state index contributed by atoms with van der Waals surface area (Å²) < 4.78 is 0. The monoisotopic (exact) mass is 298 g/mol. The number of carbonyl (C=O) groups is 2. The molecule has 1 aliphatic heterocycles. The molecular weight excluding hydrogens is 272 g/mol. The predicted octanol–water partition coefficient (Wildman–Crippen LogP) is 1.57. The molecule has 2 amide bonds. The number of nitrogens with one attached hydrogen (secondary N) is 1. The lowest BCUT2D eigenvalue weighted by atomic mass is 9.92. The third kappa shape index (κ3) is 4.09. The first kappa shape index (κ1) is 16.1. The van der Waals surface area contributed by atoms with Crippen LogP contribution in [0.2, 0.25) is 0 Å². The van der Waals surface area contributed by atoms with Crippen LogP contribution in [-0.2, 0) is 4.79 Å². The fourth-order valence-corrected chi connectivity index (χ4v) is 3.32. The number of amides is 2. The maximum absolute atomic E-state index is 12.4. The van der Waals surface area contributed by atoms with Crippen molar-refractivity contribution in [3.8, 4) is 0 Å². The first-order valence-corrected chi connectivity index (χ1v) is 7.97. The van der Waals surface area contributed by atoms with Crippen LogP contribution in [0.25, 0.3) is 0 Å². The second-order valence-electron chi connectivity index (χ2n) is 6.44. The molecule has 0 aromatic heterocycles. The number of piperidine rings is 1. The zero-order valence-electron chi connectivity index (χ0n) is 12.6. The number of rotatable bonds is 2. The van der Waals surface area contributed by atoms with Crippen LogP contribution in [0, 0.1) is 5.92 Å². The van der Waals surface area contributed by atoms with Gasteiger partial charge in [0.25, 0.3) is 0 Å². The molecule has 4 atom stereocenters. The minimum Gasteiger partial charge on any atom is -0.480 e. The molecular formula is C15H26N2O4. The Balaban J connectivity index is 1.98. The Kier molecular flexibility index (Phi) is 5.45. The fourth-order valence-electron chi connectivity index (χ4n) is 3.32. The lowest BCUT2D eigenvalue weighted by molar-refractivity contribution is -0.143. The van der Waals surface area contributed by atoms with Gasteiger partial charge in [0, 0.05) is 6.54 Å². The second-order valence-corrected chi connectivity index (χ2v) is 6.44. The molecule has 0 bridgehead atoms. The second kappa shape index (κ2) is 7.11. The molecule has 21 heavy (non-hydrogen) atoms. The Labute approximate surface area is 125 Å². The zero-order chi connectivity index (χ0) is 15.4. The number of carbonyl (C=O) groups excluding carboxylic acids is 1. The van der Waals surface area contributed by atoms with Crippen LogP contribution in [0.15, 0.2) is 0 Å². The van der Waals surface area contributed by atoms with E-state index < -0.39 is 18.1 Å². The van der Waals surface area contributed by atoms with E-state index in [1.807, 2.05) is 6.92 Å². The molecule has 0 aromatic rings. The summed E-state index contributed by atoms with van der Waals surface area (Å²) in [7, 11) is 0. The molecule has 2 aliphatic rings. The summed E-state index contributed by atoms with van der Waals surface area (Å²) in [5.41, 5.74) is 0. The van der Waals surface area contributed by atoms with Crippen molar-refractivity contribution in [2.24, 2.45) is 5.92 Å². The van der Waals surface area contributed by atoms with Crippen molar-refractivity contribution in [3.63, 3.8) is 0 Å². The number of hydrogen-bond donors (Lipinski definition) is 3. The number of aliphatic hydroxyl groups is 1. The Morgan fingerprint density at radius 1 is 1.14 bits per heavy atom. The summed E-state index contributed by atoms with van der Waals surface area (Å²) in [6, 6.07) is -1.36. The molecule has 2 rings (SSSR count). The number of carboxylic acid groups (broad SMARTS) is 1. The third-order valence-electron chi connectivity index (χ3n) is 4.70. The summed E-state index contributed by atoms with van der Waals surface area (Å²) in [5, 5.41) is 22.2. The molecule has 6 nitrogen and oxygen atoms in total. The number of urea groups is 1. The van der Waals surface area contributed by atoms with Crippen LogP contribution in [0.5, 0.6) is 0 Å². The lowest BCUT2D eigenvalue weighted by Gasteiger charge is -2.37. The maximum atomic E-state index is 12.4. The molecule has 1 heterocycles. The van der Waals surface area contributed by atoms with Gasteiger partial charge in [-0.3, -0.25) is 0 Å². The number of aliphatic carboxylic acids is 1. The highest BCUT2D eigenvalue weighted by atomic mass is 16.4. The molecule has 2 fully saturated rings. The smallest absolute Gasteiger partial charge is 0.326 e. The van der Waals surface area contributed by atoms with E-state index in [1.54, 1.807) is 0 Å². The first-order valence-electron chi connectivity index (χ1n) is 7.97. The minimum absolute atomic E-state index is 0.256. The first-order chi connectivity index (χ1) is 9.99. The van der Waals surface area contributed by atoms with E-state index in [4.69, 9.17) is 0 Å². The number of carboxylic acids is 1. The van der Waals surface area contributed by atoms with E-state index in [0.717, 1.165) is 32.1 Å². The van der Waals surface area contributed by atoms with Crippen LogP contribution < -0.4 is 5.32 Å². The minimum atomic E-state index is -0.946. The van der Waals surface area contributed by atoms with Gasteiger partial charge in [0.1, 0.15) is 6.04 Å². The largest absolute Gasteiger partial charge is 0.480 e. The zero-order valence-corrected chi connectivity index (χ0v) is 12.6. The summed E-state index contributed by atoms with van der Waals surface area (Å²) in [5.74, 6) is -0.628. The number of aliphatic hydroxyl groups excluding tert-OH is 1. The van der Waals surface area contributed by atoms with Crippen molar-refractivity contribution in [2.45, 2.75) is 70.1 Å². The van der Waals surface area contributed by atoms with Crippen molar-refractivity contribution >= 4 is 12.0 Å². The van der Waals surface area contributed by atoms with Gasteiger partial charge in [0.2, 0.25) is 0 Å². The quantitative estimate of drug-likeness (QED) is 0.675. The van der Waals surface area contributed by atoms with Crippen molar-refractivity contribution < 1.29 is 19.8 Å². The van der Waals surface area contributed by atoms with Crippen LogP contribution in [0.1, 0.15) is 51.9 Å². The molecule has 3 N–H and O–H groups in total. The molecule has 4 unspecified atom stereocenters. The van der Waals surface area contributed by atoms with Gasteiger partial charge in [-0.15, -0.1) is 0 Å². The normalized spacial score (nSPS) is 34.1. The van der Waals surface area contributed by atoms with Crippen molar-refractivity contribution in [1.29, 1.82) is 0 Å². The van der Waals surface area contributed by atoms with E-state index >= 15 is 0 Å². The molecule has 120 valence electrons. The molecule has 6 heteroatoms. The number of hydrogen-bond acceptors (Lipinski definition) is 3. The highest BCUT2D eigenvalue weighted by molar-refractivity contribution is 5.83. The fraction of sp³-hybridized carbons (Fsp3) is 0.867. The topological polar surface area (TPSA) is 89.9 Å². The summed E-state index contributed by atoms with van der Waals surface area (Å²) in [6.45, 7) is 2.48.